The number of phenolic OH excluding ortho intramolecular Hbond substituents is 1. The van der Waals surface area contributed by atoms with Crippen LogP contribution >= 0.6 is 0 Å². The van der Waals surface area contributed by atoms with Gasteiger partial charge in [0.15, 0.2) is 0 Å². The Morgan fingerprint density at radius 1 is 0.548 bits per heavy atom. The van der Waals surface area contributed by atoms with Gasteiger partial charge in [0.25, 0.3) is 0 Å². The fraction of sp³-hybridized carbons (Fsp3) is 0.294. The molecule has 0 aliphatic heterocycles. The average Bonchev–Trinajstić information content (AvgIpc) is 4.07. The smallest absolute Gasteiger partial charge is 0.148 e. The first-order chi connectivity index (χ1) is 34.9. The minimum absolute atomic E-state index is 0. The molecule has 2 aromatic heterocycles. The zero-order valence-electron chi connectivity index (χ0n) is 43.4. The van der Waals surface area contributed by atoms with E-state index in [1.54, 1.807) is 0 Å². The molecule has 4 nitrogen and oxygen atoms in total. The van der Waals surface area contributed by atoms with Crippen LogP contribution in [-0.4, -0.2) is 19.6 Å². The number of nitrogens with zero attached hydrogens (tertiary/aromatic N) is 3. The van der Waals surface area contributed by atoms with Gasteiger partial charge in [0.2, 0.25) is 0 Å². The van der Waals surface area contributed by atoms with E-state index in [0.29, 0.717) is 23.2 Å². The fourth-order valence-corrected chi connectivity index (χ4v) is 11.5. The van der Waals surface area contributed by atoms with E-state index in [1.165, 1.54) is 80.0 Å². The van der Waals surface area contributed by atoms with Gasteiger partial charge in [-0.25, -0.2) is 4.98 Å². The maximum Gasteiger partial charge on any atom is 0.148 e. The molecular weight excluding hydrogens is 1070 g/mol. The predicted octanol–water partition coefficient (Wildman–Crippen LogP) is 18.3. The van der Waals surface area contributed by atoms with Crippen molar-refractivity contribution >= 4 is 11.0 Å². The normalized spacial score (nSPS) is 14.7. The summed E-state index contributed by atoms with van der Waals surface area (Å²) in [6, 6.07) is 61.1. The molecule has 5 heteroatoms. The van der Waals surface area contributed by atoms with Gasteiger partial charge in [-0.3, -0.25) is 9.55 Å². The van der Waals surface area contributed by atoms with Crippen LogP contribution in [0.25, 0.3) is 83.9 Å². The van der Waals surface area contributed by atoms with E-state index in [1.807, 2.05) is 24.4 Å². The standard InChI is InChI=1S/C68H68N3O.Pt/c1-67(2,3)55-40-53(39-54(41-55)61-42-52(35-36-69-61)49-32-30-48(31-33-49)47-21-10-7-11-22-47)57-27-18-28-63-64(57)70-66(60-44-56(68(4,5)6)43-59(65(60)72)51-25-14-9-15-26-51)71(63)62-34-29-46(37-45-19-16-17-20-45)38-58(62)50-23-12-8-13-24-50;/h8-9,12-15,18,23-36,38,40-45,47,72H,7,10-11,16-17,19-22,37H2,1-6H3;/q-1;. The van der Waals surface area contributed by atoms with Crippen molar-refractivity contribution in [2.45, 2.75) is 122 Å². The van der Waals surface area contributed by atoms with Gasteiger partial charge < -0.3 is 5.11 Å². The Kier molecular flexibility index (Phi) is 14.4. The van der Waals surface area contributed by atoms with Gasteiger partial charge in [0.1, 0.15) is 11.6 Å². The zero-order chi connectivity index (χ0) is 49.6. The summed E-state index contributed by atoms with van der Waals surface area (Å²) in [6.07, 6.45) is 14.8. The number of rotatable bonds is 10. The van der Waals surface area contributed by atoms with Gasteiger partial charge in [0, 0.05) is 44.1 Å². The fourth-order valence-electron chi connectivity index (χ4n) is 11.5. The summed E-state index contributed by atoms with van der Waals surface area (Å²) in [6.45, 7) is 13.5. The number of hydrogen-bond acceptors (Lipinski definition) is 3. The van der Waals surface area contributed by atoms with E-state index in [0.717, 1.165) is 78.9 Å². The molecule has 0 unspecified atom stereocenters. The first-order valence-electron chi connectivity index (χ1n) is 26.6. The van der Waals surface area contributed by atoms with Gasteiger partial charge in [-0.2, -0.15) is 0 Å². The van der Waals surface area contributed by atoms with Gasteiger partial charge in [-0.05, 0) is 117 Å². The summed E-state index contributed by atoms with van der Waals surface area (Å²) in [5.41, 5.74) is 18.4. The van der Waals surface area contributed by atoms with Gasteiger partial charge in [-0.1, -0.05) is 207 Å². The third kappa shape index (κ3) is 10.4. The van der Waals surface area contributed by atoms with E-state index in [2.05, 4.69) is 192 Å². The van der Waals surface area contributed by atoms with Crippen LogP contribution in [-0.2, 0) is 38.3 Å². The molecule has 0 saturated heterocycles. The number of imidazole rings is 1. The first kappa shape index (κ1) is 50.2. The Balaban J connectivity index is 0.00000611. The molecule has 2 heterocycles. The van der Waals surface area contributed by atoms with Crippen LogP contribution in [0.15, 0.2) is 164 Å². The number of aromatic nitrogens is 3. The van der Waals surface area contributed by atoms with E-state index >= 15 is 0 Å². The maximum absolute atomic E-state index is 12.8. The third-order valence-corrected chi connectivity index (χ3v) is 15.8. The number of fused-ring (bicyclic) bond motifs is 1. The molecule has 2 saturated carbocycles. The molecule has 2 aliphatic carbocycles. The van der Waals surface area contributed by atoms with Crippen molar-refractivity contribution in [3.8, 4) is 78.6 Å². The molecule has 0 bridgehead atoms. The summed E-state index contributed by atoms with van der Waals surface area (Å²) >= 11 is 0. The molecule has 1 N–H and O–H groups in total. The Morgan fingerprint density at radius 3 is 1.86 bits per heavy atom. The molecule has 73 heavy (non-hydrogen) atoms. The Hall–Kier alpha value is -6.35. The molecular formula is C68H68N3OPt-. The summed E-state index contributed by atoms with van der Waals surface area (Å²) in [5, 5.41) is 12.8. The minimum atomic E-state index is -0.215. The van der Waals surface area contributed by atoms with E-state index in [4.69, 9.17) is 9.97 Å². The van der Waals surface area contributed by atoms with Crippen molar-refractivity contribution in [1.29, 1.82) is 0 Å². The minimum Gasteiger partial charge on any atom is -0.507 e. The Labute approximate surface area is 448 Å². The molecule has 0 radical (unpaired) electrons. The summed E-state index contributed by atoms with van der Waals surface area (Å²) in [7, 11) is 0. The number of aromatic hydroxyl groups is 1. The van der Waals surface area contributed by atoms with Crippen LogP contribution in [0.4, 0.5) is 0 Å². The summed E-state index contributed by atoms with van der Waals surface area (Å²) in [5.74, 6) is 2.28. The molecule has 0 amide bonds. The number of pyridine rings is 1. The van der Waals surface area contributed by atoms with E-state index in [-0.39, 0.29) is 37.6 Å². The van der Waals surface area contributed by atoms with Crippen molar-refractivity contribution in [3.63, 3.8) is 0 Å². The summed E-state index contributed by atoms with van der Waals surface area (Å²) in [4.78, 5) is 10.8. The van der Waals surface area contributed by atoms with Crippen LogP contribution in [0, 0.1) is 12.0 Å². The van der Waals surface area contributed by atoms with Crippen LogP contribution in [0.3, 0.4) is 0 Å². The molecule has 9 aromatic rings. The van der Waals surface area contributed by atoms with Crippen molar-refractivity contribution in [2.24, 2.45) is 5.92 Å². The first-order valence-corrected chi connectivity index (χ1v) is 26.6. The Bertz CT molecular complexity index is 3380. The second-order valence-electron chi connectivity index (χ2n) is 22.9. The molecule has 2 aliphatic rings. The molecule has 0 spiro atoms. The van der Waals surface area contributed by atoms with Crippen LogP contribution in [0.1, 0.15) is 128 Å². The van der Waals surface area contributed by atoms with Crippen molar-refractivity contribution < 1.29 is 26.2 Å². The molecule has 11 rings (SSSR count). The topological polar surface area (TPSA) is 50.9 Å². The number of hydrogen-bond donors (Lipinski definition) is 1. The number of benzene rings is 7. The van der Waals surface area contributed by atoms with Crippen LogP contribution < -0.4 is 0 Å². The SMILES string of the molecule is CC(C)(C)c1cc(-c2cc(-c3ccc(C4CCCCC4)cc3)ccn2)[c-]c(-c2cccc3c2nc(-c2cc(C(C)(C)C)cc(-c4ccccc4)c2O)n3-c2ccc(CC3CCCC3)cc2-c2ccccc2)c1.[Pt]. The zero-order valence-corrected chi connectivity index (χ0v) is 45.7. The number of phenols is 1. The quantitative estimate of drug-likeness (QED) is 0.139. The maximum atomic E-state index is 12.8. The van der Waals surface area contributed by atoms with Gasteiger partial charge in [-0.15, -0.1) is 29.3 Å². The third-order valence-electron chi connectivity index (χ3n) is 15.8. The van der Waals surface area contributed by atoms with Crippen molar-refractivity contribution in [1.82, 2.24) is 14.5 Å². The molecule has 7 aromatic carbocycles. The van der Waals surface area contributed by atoms with E-state index < -0.39 is 0 Å². The Morgan fingerprint density at radius 2 is 1.18 bits per heavy atom. The van der Waals surface area contributed by atoms with Crippen LogP contribution in [0.5, 0.6) is 5.75 Å². The molecule has 2 fully saturated rings. The average molecular weight is 1140 g/mol. The predicted molar refractivity (Wildman–Crippen MR) is 301 cm³/mol. The molecule has 0 atom stereocenters. The van der Waals surface area contributed by atoms with Crippen molar-refractivity contribution in [2.75, 3.05) is 0 Å². The van der Waals surface area contributed by atoms with Gasteiger partial charge in [0.05, 0.1) is 22.3 Å². The second-order valence-corrected chi connectivity index (χ2v) is 22.9. The largest absolute Gasteiger partial charge is 0.507 e. The summed E-state index contributed by atoms with van der Waals surface area (Å²) < 4.78 is 2.32. The van der Waals surface area contributed by atoms with Crippen molar-refractivity contribution in [3.05, 3.63) is 192 Å². The monoisotopic (exact) mass is 1140 g/mol. The molecule has 372 valence electrons. The van der Waals surface area contributed by atoms with E-state index in [9.17, 15) is 5.11 Å². The second kappa shape index (κ2) is 20.9. The van der Waals surface area contributed by atoms with Gasteiger partial charge >= 0.3 is 0 Å². The number of para-hydroxylation sites is 1. The van der Waals surface area contributed by atoms with Crippen LogP contribution in [0.2, 0.25) is 0 Å².